The van der Waals surface area contributed by atoms with Gasteiger partial charge in [0, 0.05) is 12.0 Å². The number of halogens is 1. The zero-order valence-corrected chi connectivity index (χ0v) is 14.8. The zero-order chi connectivity index (χ0) is 17.6. The van der Waals surface area contributed by atoms with Crippen molar-refractivity contribution in [3.63, 3.8) is 0 Å². The second-order valence-corrected chi connectivity index (χ2v) is 6.16. The number of aryl methyl sites for hydroxylation is 1. The molecule has 1 amide bonds. The molecule has 1 heterocycles. The van der Waals surface area contributed by atoms with E-state index in [0.717, 1.165) is 17.7 Å². The fourth-order valence-electron chi connectivity index (χ4n) is 2.50. The van der Waals surface area contributed by atoms with E-state index in [1.54, 1.807) is 12.1 Å². The molecule has 5 nitrogen and oxygen atoms in total. The Kier molecular flexibility index (Phi) is 5.66. The van der Waals surface area contributed by atoms with Gasteiger partial charge in [-0.25, -0.2) is 0 Å². The van der Waals surface area contributed by atoms with Gasteiger partial charge < -0.3 is 19.5 Å². The molecule has 0 fully saturated rings. The molecule has 25 heavy (non-hydrogen) atoms. The summed E-state index contributed by atoms with van der Waals surface area (Å²) in [7, 11) is 0. The summed E-state index contributed by atoms with van der Waals surface area (Å²) < 4.78 is 16.8. The third-order valence-electron chi connectivity index (χ3n) is 3.71. The van der Waals surface area contributed by atoms with Crippen molar-refractivity contribution in [2.75, 3.05) is 26.4 Å². The van der Waals surface area contributed by atoms with Crippen molar-refractivity contribution in [1.82, 2.24) is 5.32 Å². The highest BCUT2D eigenvalue weighted by Crippen LogP contribution is 2.37. The highest BCUT2D eigenvalue weighted by Gasteiger charge is 2.18. The Balaban J connectivity index is 1.56. The Hall–Kier alpha value is -2.40. The average molecular weight is 362 g/mol. The number of fused-ring (bicyclic) bond motifs is 1. The summed E-state index contributed by atoms with van der Waals surface area (Å²) in [4.78, 5) is 12.3. The van der Waals surface area contributed by atoms with Crippen LogP contribution in [0.5, 0.6) is 17.2 Å². The van der Waals surface area contributed by atoms with Gasteiger partial charge in [0.2, 0.25) is 0 Å². The second-order valence-electron chi connectivity index (χ2n) is 5.76. The molecular formula is C19H20ClNO4. The summed E-state index contributed by atoms with van der Waals surface area (Å²) in [6, 6.07) is 11.0. The van der Waals surface area contributed by atoms with Gasteiger partial charge in [0.15, 0.2) is 11.5 Å². The highest BCUT2D eigenvalue weighted by atomic mass is 35.5. The quantitative estimate of drug-likeness (QED) is 0.826. The normalized spacial score (nSPS) is 13.0. The third-order valence-corrected chi connectivity index (χ3v) is 3.99. The minimum atomic E-state index is -0.231. The van der Waals surface area contributed by atoms with E-state index in [2.05, 4.69) is 5.32 Å². The number of carbonyl (C=O) groups is 1. The topological polar surface area (TPSA) is 56.8 Å². The third kappa shape index (κ3) is 4.57. The monoisotopic (exact) mass is 361 g/mol. The second kappa shape index (κ2) is 8.12. The van der Waals surface area contributed by atoms with Gasteiger partial charge in [-0.15, -0.1) is 0 Å². The molecule has 0 spiro atoms. The molecule has 3 rings (SSSR count). The van der Waals surface area contributed by atoms with E-state index in [9.17, 15) is 4.79 Å². The summed E-state index contributed by atoms with van der Waals surface area (Å²) in [5.41, 5.74) is 1.56. The molecule has 6 heteroatoms. The maximum atomic E-state index is 12.3. The number of hydrogen-bond donors (Lipinski definition) is 1. The highest BCUT2D eigenvalue weighted by molar-refractivity contribution is 6.32. The molecule has 1 aliphatic heterocycles. The first kappa shape index (κ1) is 17.4. The summed E-state index contributed by atoms with van der Waals surface area (Å²) in [5.74, 6) is 1.56. The van der Waals surface area contributed by atoms with Crippen LogP contribution >= 0.6 is 11.6 Å². The summed E-state index contributed by atoms with van der Waals surface area (Å²) in [5, 5.41) is 3.19. The molecule has 0 bridgehead atoms. The lowest BCUT2D eigenvalue weighted by Gasteiger charge is -2.12. The van der Waals surface area contributed by atoms with Crippen molar-refractivity contribution in [3.8, 4) is 17.2 Å². The Morgan fingerprint density at radius 1 is 1.24 bits per heavy atom. The van der Waals surface area contributed by atoms with Crippen LogP contribution in [-0.2, 0) is 0 Å². The first-order valence-electron chi connectivity index (χ1n) is 8.20. The maximum absolute atomic E-state index is 12.3. The molecule has 1 N–H and O–H groups in total. The van der Waals surface area contributed by atoms with E-state index < -0.39 is 0 Å². The molecule has 0 atom stereocenters. The smallest absolute Gasteiger partial charge is 0.251 e. The van der Waals surface area contributed by atoms with Gasteiger partial charge in [0.1, 0.15) is 12.4 Å². The lowest BCUT2D eigenvalue weighted by molar-refractivity contribution is 0.0946. The van der Waals surface area contributed by atoms with Crippen molar-refractivity contribution in [2.24, 2.45) is 0 Å². The molecule has 1 aliphatic rings. The van der Waals surface area contributed by atoms with Crippen molar-refractivity contribution in [1.29, 1.82) is 0 Å². The molecule has 0 saturated heterocycles. The van der Waals surface area contributed by atoms with Crippen LogP contribution in [0.15, 0.2) is 36.4 Å². The molecule has 2 aromatic carbocycles. The van der Waals surface area contributed by atoms with Gasteiger partial charge in [0.05, 0.1) is 24.8 Å². The Morgan fingerprint density at radius 2 is 2.08 bits per heavy atom. The number of ether oxygens (including phenoxy) is 3. The number of carbonyl (C=O) groups excluding carboxylic acids is 1. The predicted molar refractivity (Wildman–Crippen MR) is 96.1 cm³/mol. The molecular weight excluding hydrogens is 342 g/mol. The predicted octanol–water partition coefficient (Wildman–Crippen LogP) is 3.62. The summed E-state index contributed by atoms with van der Waals surface area (Å²) in [6.45, 7) is 3.86. The van der Waals surface area contributed by atoms with Crippen LogP contribution in [-0.4, -0.2) is 32.3 Å². The van der Waals surface area contributed by atoms with E-state index in [-0.39, 0.29) is 5.91 Å². The van der Waals surface area contributed by atoms with Gasteiger partial charge in [-0.3, -0.25) is 4.79 Å². The van der Waals surface area contributed by atoms with Crippen molar-refractivity contribution < 1.29 is 19.0 Å². The van der Waals surface area contributed by atoms with Crippen LogP contribution < -0.4 is 19.5 Å². The standard InChI is InChI=1S/C19H20ClNO4/c1-13-4-2-5-15(10-13)23-9-6-21-19(22)14-11-16(20)18-17(12-14)24-7-3-8-25-18/h2,4-5,10-12H,3,6-9H2,1H3,(H,21,22). The van der Waals surface area contributed by atoms with E-state index in [1.807, 2.05) is 31.2 Å². The molecule has 0 radical (unpaired) electrons. The summed E-state index contributed by atoms with van der Waals surface area (Å²) in [6.07, 6.45) is 0.781. The van der Waals surface area contributed by atoms with Gasteiger partial charge in [-0.1, -0.05) is 23.7 Å². The van der Waals surface area contributed by atoms with Crippen molar-refractivity contribution in [2.45, 2.75) is 13.3 Å². The fourth-order valence-corrected chi connectivity index (χ4v) is 2.77. The minimum Gasteiger partial charge on any atom is -0.492 e. The van der Waals surface area contributed by atoms with E-state index in [1.165, 1.54) is 0 Å². The van der Waals surface area contributed by atoms with Gasteiger partial charge in [0.25, 0.3) is 5.91 Å². The van der Waals surface area contributed by atoms with Crippen LogP contribution in [0.25, 0.3) is 0 Å². The van der Waals surface area contributed by atoms with E-state index in [0.29, 0.717) is 48.5 Å². The maximum Gasteiger partial charge on any atom is 0.251 e. The average Bonchev–Trinajstić information content (AvgIpc) is 2.84. The zero-order valence-electron chi connectivity index (χ0n) is 14.0. The number of nitrogens with one attached hydrogen (secondary N) is 1. The molecule has 132 valence electrons. The lowest BCUT2D eigenvalue weighted by Crippen LogP contribution is -2.28. The van der Waals surface area contributed by atoms with Gasteiger partial charge in [-0.05, 0) is 36.8 Å². The first-order valence-corrected chi connectivity index (χ1v) is 8.58. The van der Waals surface area contributed by atoms with Crippen LogP contribution in [0.4, 0.5) is 0 Å². The number of amides is 1. The lowest BCUT2D eigenvalue weighted by atomic mass is 10.2. The number of benzene rings is 2. The summed E-state index contributed by atoms with van der Waals surface area (Å²) >= 11 is 6.21. The number of hydrogen-bond acceptors (Lipinski definition) is 4. The Labute approximate surface area is 151 Å². The van der Waals surface area contributed by atoms with Gasteiger partial charge in [-0.2, -0.15) is 0 Å². The SMILES string of the molecule is Cc1cccc(OCCNC(=O)c2cc(Cl)c3c(c2)OCCCO3)c1. The Morgan fingerprint density at radius 3 is 2.92 bits per heavy atom. The first-order chi connectivity index (χ1) is 12.1. The van der Waals surface area contributed by atoms with Crippen molar-refractivity contribution in [3.05, 3.63) is 52.5 Å². The Bertz CT molecular complexity index is 763. The molecule has 0 unspecified atom stereocenters. The van der Waals surface area contributed by atoms with Crippen molar-refractivity contribution >= 4 is 17.5 Å². The van der Waals surface area contributed by atoms with Crippen LogP contribution in [0.3, 0.4) is 0 Å². The molecule has 0 saturated carbocycles. The number of rotatable bonds is 5. The van der Waals surface area contributed by atoms with Crippen LogP contribution in [0.1, 0.15) is 22.3 Å². The van der Waals surface area contributed by atoms with E-state index in [4.69, 9.17) is 25.8 Å². The molecule has 2 aromatic rings. The largest absolute Gasteiger partial charge is 0.492 e. The molecule has 0 aromatic heterocycles. The molecule has 0 aliphatic carbocycles. The minimum absolute atomic E-state index is 0.231. The van der Waals surface area contributed by atoms with Crippen LogP contribution in [0.2, 0.25) is 5.02 Å². The fraction of sp³-hybridized carbons (Fsp3) is 0.316. The van der Waals surface area contributed by atoms with E-state index >= 15 is 0 Å². The van der Waals surface area contributed by atoms with Crippen LogP contribution in [0, 0.1) is 6.92 Å². The van der Waals surface area contributed by atoms with Gasteiger partial charge >= 0.3 is 0 Å².